The fraction of sp³-hybridized carbons (Fsp3) is 0.583. The zero-order chi connectivity index (χ0) is 10.1. The van der Waals surface area contributed by atoms with Crippen molar-refractivity contribution in [3.8, 4) is 5.88 Å². The van der Waals surface area contributed by atoms with Crippen molar-refractivity contribution in [2.45, 2.75) is 43.9 Å². The van der Waals surface area contributed by atoms with E-state index < -0.39 is 0 Å². The number of piperidine rings is 1. The normalized spacial score (nSPS) is 34.0. The van der Waals surface area contributed by atoms with Gasteiger partial charge in [0.05, 0.1) is 0 Å². The molecule has 3 heterocycles. The highest BCUT2D eigenvalue weighted by atomic mass is 16.5. The van der Waals surface area contributed by atoms with Crippen molar-refractivity contribution in [1.82, 2.24) is 10.3 Å². The molecule has 2 aliphatic heterocycles. The summed E-state index contributed by atoms with van der Waals surface area (Å²) in [6.07, 6.45) is 7.03. The number of rotatable bonds is 2. The quantitative estimate of drug-likeness (QED) is 0.796. The highest BCUT2D eigenvalue weighted by molar-refractivity contribution is 5.10. The van der Waals surface area contributed by atoms with Crippen LogP contribution in [0.4, 0.5) is 0 Å². The smallest absolute Gasteiger partial charge is 0.213 e. The van der Waals surface area contributed by atoms with Gasteiger partial charge < -0.3 is 10.1 Å². The molecule has 3 rings (SSSR count). The van der Waals surface area contributed by atoms with E-state index in [0.29, 0.717) is 18.2 Å². The molecule has 2 aliphatic rings. The lowest BCUT2D eigenvalue weighted by Crippen LogP contribution is -2.42. The SMILES string of the molecule is c1ccc(OC2CC3CCC(C2)N3)nc1. The summed E-state index contributed by atoms with van der Waals surface area (Å²) in [6, 6.07) is 7.18. The van der Waals surface area contributed by atoms with Gasteiger partial charge in [0.2, 0.25) is 5.88 Å². The van der Waals surface area contributed by atoms with Crippen molar-refractivity contribution < 1.29 is 4.74 Å². The van der Waals surface area contributed by atoms with Crippen LogP contribution in [0, 0.1) is 0 Å². The summed E-state index contributed by atoms with van der Waals surface area (Å²) in [5.74, 6) is 0.767. The molecule has 1 N–H and O–H groups in total. The van der Waals surface area contributed by atoms with Crippen molar-refractivity contribution in [1.29, 1.82) is 0 Å². The van der Waals surface area contributed by atoms with E-state index in [1.807, 2.05) is 18.2 Å². The number of nitrogens with one attached hydrogen (secondary N) is 1. The minimum atomic E-state index is 0.360. The predicted octanol–water partition coefficient (Wildman–Crippen LogP) is 1.74. The Balaban J connectivity index is 1.65. The number of ether oxygens (including phenoxy) is 1. The van der Waals surface area contributed by atoms with Crippen LogP contribution in [0.25, 0.3) is 0 Å². The molecule has 0 radical (unpaired) electrons. The van der Waals surface area contributed by atoms with Gasteiger partial charge in [-0.2, -0.15) is 0 Å². The summed E-state index contributed by atoms with van der Waals surface area (Å²) in [5.41, 5.74) is 0. The molecule has 0 amide bonds. The van der Waals surface area contributed by atoms with Gasteiger partial charge in [0.1, 0.15) is 6.10 Å². The standard InChI is InChI=1S/C12H16N2O/c1-2-6-13-12(3-1)15-11-7-9-4-5-10(8-11)14-9/h1-3,6,9-11,14H,4-5,7-8H2. The molecule has 2 fully saturated rings. The van der Waals surface area contributed by atoms with Crippen LogP contribution in [0.15, 0.2) is 24.4 Å². The van der Waals surface area contributed by atoms with Crippen molar-refractivity contribution in [3.63, 3.8) is 0 Å². The lowest BCUT2D eigenvalue weighted by atomic mass is 10.0. The highest BCUT2D eigenvalue weighted by Crippen LogP contribution is 2.28. The average Bonchev–Trinajstić information content (AvgIpc) is 2.60. The molecule has 2 bridgehead atoms. The zero-order valence-corrected chi connectivity index (χ0v) is 8.73. The van der Waals surface area contributed by atoms with Gasteiger partial charge in [-0.25, -0.2) is 4.98 Å². The fourth-order valence-electron chi connectivity index (χ4n) is 2.69. The molecular formula is C12H16N2O. The molecule has 0 spiro atoms. The van der Waals surface area contributed by atoms with E-state index in [0.717, 1.165) is 18.7 Å². The van der Waals surface area contributed by atoms with Crippen LogP contribution < -0.4 is 10.1 Å². The molecule has 1 aromatic heterocycles. The molecule has 0 aliphatic carbocycles. The third kappa shape index (κ3) is 1.97. The Morgan fingerprint density at radius 1 is 1.20 bits per heavy atom. The van der Waals surface area contributed by atoms with E-state index >= 15 is 0 Å². The number of aromatic nitrogens is 1. The number of nitrogens with zero attached hydrogens (tertiary/aromatic N) is 1. The number of hydrogen-bond donors (Lipinski definition) is 1. The maximum atomic E-state index is 5.88. The lowest BCUT2D eigenvalue weighted by Gasteiger charge is -2.29. The Morgan fingerprint density at radius 2 is 2.00 bits per heavy atom. The van der Waals surface area contributed by atoms with Crippen molar-refractivity contribution >= 4 is 0 Å². The molecule has 3 heteroatoms. The number of fused-ring (bicyclic) bond motifs is 2. The Hall–Kier alpha value is -1.09. The van der Waals surface area contributed by atoms with Gasteiger partial charge in [0.15, 0.2) is 0 Å². The molecule has 2 atom stereocenters. The molecule has 15 heavy (non-hydrogen) atoms. The van der Waals surface area contributed by atoms with Crippen LogP contribution in [-0.2, 0) is 0 Å². The topological polar surface area (TPSA) is 34.1 Å². The van der Waals surface area contributed by atoms with Gasteiger partial charge in [-0.3, -0.25) is 0 Å². The molecule has 0 saturated carbocycles. The van der Waals surface area contributed by atoms with Crippen LogP contribution >= 0.6 is 0 Å². The Bertz CT molecular complexity index is 316. The van der Waals surface area contributed by atoms with Gasteiger partial charge in [-0.1, -0.05) is 6.07 Å². The summed E-state index contributed by atoms with van der Waals surface area (Å²) in [6.45, 7) is 0. The Kier molecular flexibility index (Phi) is 2.33. The molecule has 80 valence electrons. The van der Waals surface area contributed by atoms with Crippen LogP contribution in [-0.4, -0.2) is 23.2 Å². The molecule has 3 nitrogen and oxygen atoms in total. The fourth-order valence-corrected chi connectivity index (χ4v) is 2.69. The molecule has 2 saturated heterocycles. The minimum absolute atomic E-state index is 0.360. The molecule has 0 aromatic carbocycles. The molecular weight excluding hydrogens is 188 g/mol. The summed E-state index contributed by atoms with van der Waals surface area (Å²) < 4.78 is 5.88. The maximum absolute atomic E-state index is 5.88. The minimum Gasteiger partial charge on any atom is -0.474 e. The summed E-state index contributed by atoms with van der Waals surface area (Å²) in [5, 5.41) is 3.61. The van der Waals surface area contributed by atoms with Gasteiger partial charge in [0.25, 0.3) is 0 Å². The lowest BCUT2D eigenvalue weighted by molar-refractivity contribution is 0.132. The van der Waals surface area contributed by atoms with Crippen molar-refractivity contribution in [2.24, 2.45) is 0 Å². The largest absolute Gasteiger partial charge is 0.474 e. The Morgan fingerprint density at radius 3 is 2.67 bits per heavy atom. The Labute approximate surface area is 89.9 Å². The first kappa shape index (κ1) is 9.16. The zero-order valence-electron chi connectivity index (χ0n) is 8.73. The summed E-state index contributed by atoms with van der Waals surface area (Å²) >= 11 is 0. The second-order valence-corrected chi connectivity index (χ2v) is 4.52. The van der Waals surface area contributed by atoms with Gasteiger partial charge in [0, 0.05) is 24.3 Å². The number of hydrogen-bond acceptors (Lipinski definition) is 3. The summed E-state index contributed by atoms with van der Waals surface area (Å²) in [7, 11) is 0. The van der Waals surface area contributed by atoms with E-state index in [1.54, 1.807) is 6.20 Å². The van der Waals surface area contributed by atoms with Gasteiger partial charge in [-0.05, 0) is 31.7 Å². The van der Waals surface area contributed by atoms with Gasteiger partial charge in [-0.15, -0.1) is 0 Å². The third-order valence-electron chi connectivity index (χ3n) is 3.35. The highest BCUT2D eigenvalue weighted by Gasteiger charge is 2.34. The monoisotopic (exact) mass is 204 g/mol. The van der Waals surface area contributed by atoms with Crippen molar-refractivity contribution in [3.05, 3.63) is 24.4 Å². The first-order valence-electron chi connectivity index (χ1n) is 5.74. The number of pyridine rings is 1. The second kappa shape index (κ2) is 3.81. The van der Waals surface area contributed by atoms with E-state index in [1.165, 1.54) is 12.8 Å². The molecule has 2 unspecified atom stereocenters. The van der Waals surface area contributed by atoms with E-state index in [9.17, 15) is 0 Å². The predicted molar refractivity (Wildman–Crippen MR) is 57.8 cm³/mol. The average molecular weight is 204 g/mol. The first-order valence-corrected chi connectivity index (χ1v) is 5.74. The maximum Gasteiger partial charge on any atom is 0.213 e. The van der Waals surface area contributed by atoms with E-state index in [-0.39, 0.29) is 0 Å². The van der Waals surface area contributed by atoms with E-state index in [2.05, 4.69) is 10.3 Å². The van der Waals surface area contributed by atoms with Crippen LogP contribution in [0.1, 0.15) is 25.7 Å². The van der Waals surface area contributed by atoms with E-state index in [4.69, 9.17) is 4.74 Å². The van der Waals surface area contributed by atoms with Crippen molar-refractivity contribution in [2.75, 3.05) is 0 Å². The van der Waals surface area contributed by atoms with Gasteiger partial charge >= 0.3 is 0 Å². The van der Waals surface area contributed by atoms with Crippen LogP contribution in [0.2, 0.25) is 0 Å². The first-order chi connectivity index (χ1) is 7.40. The summed E-state index contributed by atoms with van der Waals surface area (Å²) in [4.78, 5) is 4.20. The van der Waals surface area contributed by atoms with Crippen LogP contribution in [0.3, 0.4) is 0 Å². The van der Waals surface area contributed by atoms with Crippen LogP contribution in [0.5, 0.6) is 5.88 Å². The molecule has 1 aromatic rings. The third-order valence-corrected chi connectivity index (χ3v) is 3.35. The second-order valence-electron chi connectivity index (χ2n) is 4.52.